The van der Waals surface area contributed by atoms with Gasteiger partial charge in [0, 0.05) is 18.3 Å². The van der Waals surface area contributed by atoms with E-state index in [1.54, 1.807) is 24.3 Å². The van der Waals surface area contributed by atoms with Crippen molar-refractivity contribution in [2.75, 3.05) is 26.0 Å². The molecule has 0 saturated heterocycles. The fourth-order valence-corrected chi connectivity index (χ4v) is 2.29. The molecule has 2 N–H and O–H groups in total. The van der Waals surface area contributed by atoms with Gasteiger partial charge in [0.1, 0.15) is 0 Å². The Morgan fingerprint density at radius 3 is 2.85 bits per heavy atom. The van der Waals surface area contributed by atoms with Crippen LogP contribution in [0.1, 0.15) is 18.4 Å². The van der Waals surface area contributed by atoms with Crippen LogP contribution in [-0.2, 0) is 0 Å². The Hall–Kier alpha value is -2.06. The van der Waals surface area contributed by atoms with Crippen LogP contribution < -0.4 is 10.6 Å². The van der Waals surface area contributed by atoms with Crippen LogP contribution in [0.2, 0.25) is 0 Å². The number of amides is 2. The zero-order valence-electron chi connectivity index (χ0n) is 11.9. The monoisotopic (exact) mass is 272 g/mol. The summed E-state index contributed by atoms with van der Waals surface area (Å²) in [4.78, 5) is 14.0. The summed E-state index contributed by atoms with van der Waals surface area (Å²) in [5, 5.41) is 14.5. The molecule has 106 valence electrons. The smallest absolute Gasteiger partial charge is 0.319 e. The highest BCUT2D eigenvalue weighted by molar-refractivity contribution is 5.89. The molecule has 2 amide bonds. The number of anilines is 1. The normalized spacial score (nSPS) is 15.5. The molecule has 1 aliphatic rings. The van der Waals surface area contributed by atoms with E-state index in [1.807, 2.05) is 14.1 Å². The summed E-state index contributed by atoms with van der Waals surface area (Å²) >= 11 is 0. The molecule has 0 aliphatic heterocycles. The van der Waals surface area contributed by atoms with Gasteiger partial charge in [-0.1, -0.05) is 6.07 Å². The molecule has 1 saturated carbocycles. The van der Waals surface area contributed by atoms with E-state index in [1.165, 1.54) is 12.8 Å². The number of urea groups is 1. The van der Waals surface area contributed by atoms with Gasteiger partial charge < -0.3 is 15.5 Å². The van der Waals surface area contributed by atoms with Gasteiger partial charge in [-0.05, 0) is 51.1 Å². The van der Waals surface area contributed by atoms with Crippen molar-refractivity contribution < 1.29 is 4.79 Å². The van der Waals surface area contributed by atoms with Gasteiger partial charge >= 0.3 is 6.03 Å². The maximum Gasteiger partial charge on any atom is 0.319 e. The van der Waals surface area contributed by atoms with Crippen LogP contribution >= 0.6 is 0 Å². The molecule has 0 aromatic heterocycles. The lowest BCUT2D eigenvalue weighted by Crippen LogP contribution is -2.43. The number of hydrogen-bond acceptors (Lipinski definition) is 3. The molecule has 1 aromatic carbocycles. The van der Waals surface area contributed by atoms with Gasteiger partial charge in [-0.15, -0.1) is 0 Å². The summed E-state index contributed by atoms with van der Waals surface area (Å²) < 4.78 is 0. The number of nitrogens with zero attached hydrogens (tertiary/aromatic N) is 2. The zero-order chi connectivity index (χ0) is 14.5. The average Bonchev–Trinajstić information content (AvgIpc) is 3.23. The predicted molar refractivity (Wildman–Crippen MR) is 78.4 cm³/mol. The Balaban J connectivity index is 1.84. The molecule has 20 heavy (non-hydrogen) atoms. The van der Waals surface area contributed by atoms with E-state index in [0.29, 0.717) is 29.8 Å². The van der Waals surface area contributed by atoms with Gasteiger partial charge in [-0.25, -0.2) is 4.79 Å². The van der Waals surface area contributed by atoms with Crippen molar-refractivity contribution in [3.63, 3.8) is 0 Å². The SMILES string of the molecule is CN(C)C(CNC(=O)Nc1cccc(C#N)c1)C1CC1. The number of carbonyl (C=O) groups is 1. The first-order chi connectivity index (χ1) is 9.60. The largest absolute Gasteiger partial charge is 0.336 e. The molecular formula is C15H20N4O. The lowest BCUT2D eigenvalue weighted by molar-refractivity contribution is 0.235. The topological polar surface area (TPSA) is 68.2 Å². The maximum atomic E-state index is 11.9. The first-order valence-electron chi connectivity index (χ1n) is 6.81. The molecule has 0 heterocycles. The zero-order valence-corrected chi connectivity index (χ0v) is 11.9. The second-order valence-corrected chi connectivity index (χ2v) is 5.40. The van der Waals surface area contributed by atoms with Crippen molar-refractivity contribution in [2.45, 2.75) is 18.9 Å². The lowest BCUT2D eigenvalue weighted by atomic mass is 10.1. The van der Waals surface area contributed by atoms with Crippen LogP contribution in [0.3, 0.4) is 0 Å². The van der Waals surface area contributed by atoms with Crippen LogP contribution in [-0.4, -0.2) is 37.6 Å². The van der Waals surface area contributed by atoms with Gasteiger partial charge in [-0.2, -0.15) is 5.26 Å². The highest BCUT2D eigenvalue weighted by atomic mass is 16.2. The number of carbonyl (C=O) groups excluding carboxylic acids is 1. The fraction of sp³-hybridized carbons (Fsp3) is 0.467. The fourth-order valence-electron chi connectivity index (χ4n) is 2.29. The minimum Gasteiger partial charge on any atom is -0.336 e. The summed E-state index contributed by atoms with van der Waals surface area (Å²) in [6.07, 6.45) is 2.49. The molecular weight excluding hydrogens is 252 g/mol. The third-order valence-corrected chi connectivity index (χ3v) is 3.55. The van der Waals surface area contributed by atoms with E-state index in [2.05, 4.69) is 21.6 Å². The molecule has 0 radical (unpaired) electrons. The summed E-state index contributed by atoms with van der Waals surface area (Å²) in [7, 11) is 4.08. The number of nitrogens with one attached hydrogen (secondary N) is 2. The van der Waals surface area contributed by atoms with Crippen molar-refractivity contribution in [1.29, 1.82) is 5.26 Å². The summed E-state index contributed by atoms with van der Waals surface area (Å²) in [5.41, 5.74) is 1.17. The first kappa shape index (κ1) is 14.4. The number of benzene rings is 1. The van der Waals surface area contributed by atoms with E-state index in [0.717, 1.165) is 0 Å². The Morgan fingerprint density at radius 2 is 2.25 bits per heavy atom. The Morgan fingerprint density at radius 1 is 1.50 bits per heavy atom. The number of nitriles is 1. The van der Waals surface area contributed by atoms with Crippen LogP contribution in [0.4, 0.5) is 10.5 Å². The average molecular weight is 272 g/mol. The molecule has 5 nitrogen and oxygen atoms in total. The minimum atomic E-state index is -0.229. The van der Waals surface area contributed by atoms with Gasteiger partial charge in [0.2, 0.25) is 0 Å². The van der Waals surface area contributed by atoms with Crippen molar-refractivity contribution in [3.05, 3.63) is 29.8 Å². The Kier molecular flexibility index (Phi) is 4.59. The van der Waals surface area contributed by atoms with Gasteiger partial charge in [-0.3, -0.25) is 0 Å². The van der Waals surface area contributed by atoms with E-state index in [-0.39, 0.29) is 6.03 Å². The number of likely N-dealkylation sites (N-methyl/N-ethyl adjacent to an activating group) is 1. The quantitative estimate of drug-likeness (QED) is 0.861. The van der Waals surface area contributed by atoms with E-state index in [9.17, 15) is 4.79 Å². The van der Waals surface area contributed by atoms with Crippen molar-refractivity contribution in [2.24, 2.45) is 5.92 Å². The van der Waals surface area contributed by atoms with Crippen LogP contribution in [0.15, 0.2) is 24.3 Å². The summed E-state index contributed by atoms with van der Waals surface area (Å²) in [5.74, 6) is 0.701. The standard InChI is InChI=1S/C15H20N4O/c1-19(2)14(12-6-7-12)10-17-15(20)18-13-5-3-4-11(8-13)9-16/h3-5,8,12,14H,6-7,10H2,1-2H3,(H2,17,18,20). The van der Waals surface area contributed by atoms with Crippen LogP contribution in [0, 0.1) is 17.2 Å². The second-order valence-electron chi connectivity index (χ2n) is 5.40. The Bertz CT molecular complexity index is 515. The minimum absolute atomic E-state index is 0.229. The maximum absolute atomic E-state index is 11.9. The second kappa shape index (κ2) is 6.40. The molecule has 1 aliphatic carbocycles. The molecule has 0 spiro atoms. The van der Waals surface area contributed by atoms with Gasteiger partial charge in [0.05, 0.1) is 11.6 Å². The van der Waals surface area contributed by atoms with Crippen molar-refractivity contribution >= 4 is 11.7 Å². The first-order valence-corrected chi connectivity index (χ1v) is 6.81. The molecule has 5 heteroatoms. The van der Waals surface area contributed by atoms with Gasteiger partial charge in [0.25, 0.3) is 0 Å². The highest BCUT2D eigenvalue weighted by Crippen LogP contribution is 2.34. The highest BCUT2D eigenvalue weighted by Gasteiger charge is 2.32. The van der Waals surface area contributed by atoms with Crippen molar-refractivity contribution in [3.8, 4) is 6.07 Å². The molecule has 1 atom stereocenters. The van der Waals surface area contributed by atoms with Gasteiger partial charge in [0.15, 0.2) is 0 Å². The van der Waals surface area contributed by atoms with E-state index in [4.69, 9.17) is 5.26 Å². The van der Waals surface area contributed by atoms with E-state index >= 15 is 0 Å². The lowest BCUT2D eigenvalue weighted by Gasteiger charge is -2.24. The number of hydrogen-bond donors (Lipinski definition) is 2. The van der Waals surface area contributed by atoms with Crippen molar-refractivity contribution in [1.82, 2.24) is 10.2 Å². The molecule has 1 aromatic rings. The van der Waals surface area contributed by atoms with Crippen LogP contribution in [0.5, 0.6) is 0 Å². The summed E-state index contributed by atoms with van der Waals surface area (Å²) in [6.45, 7) is 0.640. The molecule has 1 unspecified atom stereocenters. The van der Waals surface area contributed by atoms with Crippen LogP contribution in [0.25, 0.3) is 0 Å². The summed E-state index contributed by atoms with van der Waals surface area (Å²) in [6, 6.07) is 9.10. The third-order valence-electron chi connectivity index (χ3n) is 3.55. The predicted octanol–water partition coefficient (Wildman–Crippen LogP) is 2.02. The third kappa shape index (κ3) is 3.97. The number of rotatable bonds is 5. The molecule has 2 rings (SSSR count). The molecule has 0 bridgehead atoms. The Labute approximate surface area is 119 Å². The van der Waals surface area contributed by atoms with E-state index < -0.39 is 0 Å². The molecule has 1 fully saturated rings.